The van der Waals surface area contributed by atoms with E-state index in [9.17, 15) is 5.11 Å². The predicted octanol–water partition coefficient (Wildman–Crippen LogP) is 2.45. The number of rotatable bonds is 4. The van der Waals surface area contributed by atoms with Crippen LogP contribution in [0.25, 0.3) is 0 Å². The zero-order chi connectivity index (χ0) is 10.8. The van der Waals surface area contributed by atoms with Gasteiger partial charge in [-0.05, 0) is 44.2 Å². The minimum absolute atomic E-state index is 0.286. The summed E-state index contributed by atoms with van der Waals surface area (Å²) < 4.78 is 5.60. The molecule has 1 saturated carbocycles. The van der Waals surface area contributed by atoms with Crippen molar-refractivity contribution in [2.75, 3.05) is 6.61 Å². The second-order valence-corrected chi connectivity index (χ2v) is 4.48. The molecule has 0 radical (unpaired) electrons. The summed E-state index contributed by atoms with van der Waals surface area (Å²) >= 11 is 0. The highest BCUT2D eigenvalue weighted by atomic mass is 16.5. The Kier molecular flexibility index (Phi) is 2.96. The highest BCUT2D eigenvalue weighted by Crippen LogP contribution is 2.33. The van der Waals surface area contributed by atoms with Crippen molar-refractivity contribution >= 4 is 0 Å². The average molecular weight is 206 g/mol. The first kappa shape index (κ1) is 10.5. The third-order valence-electron chi connectivity index (χ3n) is 2.91. The summed E-state index contributed by atoms with van der Waals surface area (Å²) in [5.41, 5.74) is 2.38. The van der Waals surface area contributed by atoms with E-state index in [1.54, 1.807) is 0 Å². The maximum Gasteiger partial charge on any atom is 0.122 e. The molecule has 0 heterocycles. The molecule has 0 bridgehead atoms. The zero-order valence-corrected chi connectivity index (χ0v) is 9.36. The van der Waals surface area contributed by atoms with E-state index in [0.29, 0.717) is 12.5 Å². The molecular weight excluding hydrogens is 188 g/mol. The number of benzene rings is 1. The van der Waals surface area contributed by atoms with Crippen LogP contribution in [0.3, 0.4) is 0 Å². The maximum absolute atomic E-state index is 9.67. The maximum atomic E-state index is 9.67. The largest absolute Gasteiger partial charge is 0.491 e. The van der Waals surface area contributed by atoms with Crippen molar-refractivity contribution in [3.05, 3.63) is 29.3 Å². The van der Waals surface area contributed by atoms with E-state index in [4.69, 9.17) is 4.74 Å². The lowest BCUT2D eigenvalue weighted by molar-refractivity contribution is 0.0891. The molecule has 82 valence electrons. The Morgan fingerprint density at radius 3 is 2.73 bits per heavy atom. The van der Waals surface area contributed by atoms with E-state index in [1.165, 1.54) is 5.56 Å². The molecule has 1 aromatic carbocycles. The minimum Gasteiger partial charge on any atom is -0.491 e. The summed E-state index contributed by atoms with van der Waals surface area (Å²) in [6, 6.07) is 6.11. The van der Waals surface area contributed by atoms with Crippen LogP contribution in [0.15, 0.2) is 18.2 Å². The van der Waals surface area contributed by atoms with E-state index >= 15 is 0 Å². The van der Waals surface area contributed by atoms with Crippen LogP contribution in [0.4, 0.5) is 0 Å². The Morgan fingerprint density at radius 2 is 2.13 bits per heavy atom. The number of aliphatic hydroxyl groups is 1. The summed E-state index contributed by atoms with van der Waals surface area (Å²) in [5, 5.41) is 9.67. The lowest BCUT2D eigenvalue weighted by atomic mass is 10.1. The number of aliphatic hydroxyl groups excluding tert-OH is 1. The van der Waals surface area contributed by atoms with Crippen LogP contribution in [-0.4, -0.2) is 17.8 Å². The molecule has 0 amide bonds. The van der Waals surface area contributed by atoms with Gasteiger partial charge < -0.3 is 9.84 Å². The highest BCUT2D eigenvalue weighted by Gasteiger charge is 2.30. The second kappa shape index (κ2) is 4.23. The first-order valence-corrected chi connectivity index (χ1v) is 5.55. The molecule has 1 unspecified atom stereocenters. The Bertz CT molecular complexity index is 342. The van der Waals surface area contributed by atoms with Gasteiger partial charge in [0.1, 0.15) is 12.4 Å². The quantitative estimate of drug-likeness (QED) is 0.820. The number of aryl methyl sites for hydroxylation is 2. The third-order valence-corrected chi connectivity index (χ3v) is 2.91. The molecule has 2 heteroatoms. The van der Waals surface area contributed by atoms with Crippen molar-refractivity contribution in [1.29, 1.82) is 0 Å². The Balaban J connectivity index is 1.92. The second-order valence-electron chi connectivity index (χ2n) is 4.48. The van der Waals surface area contributed by atoms with Crippen molar-refractivity contribution in [3.63, 3.8) is 0 Å². The topological polar surface area (TPSA) is 29.5 Å². The number of hydrogen-bond donors (Lipinski definition) is 1. The van der Waals surface area contributed by atoms with E-state index < -0.39 is 0 Å². The van der Waals surface area contributed by atoms with Crippen LogP contribution in [0, 0.1) is 19.8 Å². The summed E-state index contributed by atoms with van der Waals surface area (Å²) in [6.45, 7) is 4.52. The van der Waals surface area contributed by atoms with Gasteiger partial charge in [-0.2, -0.15) is 0 Å². The van der Waals surface area contributed by atoms with Gasteiger partial charge in [0.25, 0.3) is 0 Å². The lowest BCUT2D eigenvalue weighted by Crippen LogP contribution is -2.19. The van der Waals surface area contributed by atoms with Gasteiger partial charge in [-0.1, -0.05) is 17.7 Å². The molecule has 0 aliphatic heterocycles. The first-order valence-electron chi connectivity index (χ1n) is 5.55. The van der Waals surface area contributed by atoms with Crippen molar-refractivity contribution in [1.82, 2.24) is 0 Å². The molecule has 2 rings (SSSR count). The summed E-state index contributed by atoms with van der Waals surface area (Å²) in [5.74, 6) is 1.37. The van der Waals surface area contributed by atoms with E-state index in [1.807, 2.05) is 19.1 Å². The van der Waals surface area contributed by atoms with Gasteiger partial charge in [0.2, 0.25) is 0 Å². The molecule has 1 N–H and O–H groups in total. The highest BCUT2D eigenvalue weighted by molar-refractivity contribution is 5.35. The zero-order valence-electron chi connectivity index (χ0n) is 9.36. The predicted molar refractivity (Wildman–Crippen MR) is 60.1 cm³/mol. The van der Waals surface area contributed by atoms with Crippen LogP contribution < -0.4 is 4.74 Å². The fraction of sp³-hybridized carbons (Fsp3) is 0.538. The minimum atomic E-state index is -0.286. The van der Waals surface area contributed by atoms with E-state index in [2.05, 4.69) is 13.0 Å². The molecule has 2 nitrogen and oxygen atoms in total. The Morgan fingerprint density at radius 1 is 1.40 bits per heavy atom. The SMILES string of the molecule is Cc1ccc(OCC(O)C2CC2)c(C)c1. The fourth-order valence-electron chi connectivity index (χ4n) is 1.75. The molecule has 15 heavy (non-hydrogen) atoms. The Labute approximate surface area is 90.9 Å². The smallest absolute Gasteiger partial charge is 0.122 e. The molecule has 1 aromatic rings. The molecule has 0 saturated heterocycles. The van der Waals surface area contributed by atoms with Gasteiger partial charge in [-0.15, -0.1) is 0 Å². The monoisotopic (exact) mass is 206 g/mol. The summed E-state index contributed by atoms with van der Waals surface area (Å²) in [7, 11) is 0. The number of ether oxygens (including phenoxy) is 1. The molecule has 1 atom stereocenters. The summed E-state index contributed by atoms with van der Waals surface area (Å²) in [4.78, 5) is 0. The Hall–Kier alpha value is -1.02. The van der Waals surface area contributed by atoms with Crippen molar-refractivity contribution in [2.45, 2.75) is 32.8 Å². The standard InChI is InChI=1S/C13H18O2/c1-9-3-6-13(10(2)7-9)15-8-12(14)11-4-5-11/h3,6-7,11-12,14H,4-5,8H2,1-2H3. The van der Waals surface area contributed by atoms with Gasteiger partial charge in [0.05, 0.1) is 6.10 Å². The molecule has 1 fully saturated rings. The normalized spacial score (nSPS) is 17.5. The van der Waals surface area contributed by atoms with Crippen LogP contribution in [0.5, 0.6) is 5.75 Å². The van der Waals surface area contributed by atoms with Gasteiger partial charge in [-0.25, -0.2) is 0 Å². The van der Waals surface area contributed by atoms with E-state index in [0.717, 1.165) is 24.2 Å². The molecule has 0 aromatic heterocycles. The number of hydrogen-bond acceptors (Lipinski definition) is 2. The van der Waals surface area contributed by atoms with Crippen LogP contribution >= 0.6 is 0 Å². The molecule has 1 aliphatic rings. The lowest BCUT2D eigenvalue weighted by Gasteiger charge is -2.13. The molecule has 0 spiro atoms. The fourth-order valence-corrected chi connectivity index (χ4v) is 1.75. The van der Waals surface area contributed by atoms with Crippen LogP contribution in [0.2, 0.25) is 0 Å². The van der Waals surface area contributed by atoms with Crippen LogP contribution in [0.1, 0.15) is 24.0 Å². The third kappa shape index (κ3) is 2.72. The van der Waals surface area contributed by atoms with Gasteiger partial charge >= 0.3 is 0 Å². The van der Waals surface area contributed by atoms with E-state index in [-0.39, 0.29) is 6.10 Å². The van der Waals surface area contributed by atoms with Gasteiger partial charge in [0, 0.05) is 0 Å². The molecular formula is C13H18O2. The summed E-state index contributed by atoms with van der Waals surface area (Å²) in [6.07, 6.45) is 2.01. The van der Waals surface area contributed by atoms with Gasteiger partial charge in [0.15, 0.2) is 0 Å². The first-order chi connectivity index (χ1) is 7.16. The van der Waals surface area contributed by atoms with Crippen molar-refractivity contribution < 1.29 is 9.84 Å². The average Bonchev–Trinajstić information content (AvgIpc) is 2.99. The van der Waals surface area contributed by atoms with Crippen LogP contribution in [-0.2, 0) is 0 Å². The van der Waals surface area contributed by atoms with Crippen molar-refractivity contribution in [3.8, 4) is 5.75 Å². The van der Waals surface area contributed by atoms with Crippen molar-refractivity contribution in [2.24, 2.45) is 5.92 Å². The molecule has 1 aliphatic carbocycles. The van der Waals surface area contributed by atoms with Gasteiger partial charge in [-0.3, -0.25) is 0 Å².